The van der Waals surface area contributed by atoms with Crippen molar-refractivity contribution in [3.8, 4) is 11.1 Å². The average molecular weight is 616 g/mol. The van der Waals surface area contributed by atoms with Crippen LogP contribution in [0.25, 0.3) is 32.9 Å². The highest BCUT2D eigenvalue weighted by atomic mass is 15.3. The smallest absolute Gasteiger partial charge is 0.129 e. The number of rotatable bonds is 4. The molecule has 1 aromatic heterocycles. The zero-order valence-electron chi connectivity index (χ0n) is 26.3. The summed E-state index contributed by atoms with van der Waals surface area (Å²) >= 11 is 0. The molecule has 2 heterocycles. The Balaban J connectivity index is 1.32. The summed E-state index contributed by atoms with van der Waals surface area (Å²) in [7, 11) is 0. The predicted molar refractivity (Wildman–Crippen MR) is 199 cm³/mol. The van der Waals surface area contributed by atoms with Crippen LogP contribution >= 0.6 is 0 Å². The van der Waals surface area contributed by atoms with E-state index in [1.54, 1.807) is 0 Å². The van der Waals surface area contributed by atoms with Crippen LogP contribution in [0.2, 0.25) is 0 Å². The van der Waals surface area contributed by atoms with Crippen LogP contribution in [0.4, 0.5) is 11.4 Å². The first-order valence-corrected chi connectivity index (χ1v) is 16.8. The van der Waals surface area contributed by atoms with Crippen molar-refractivity contribution in [2.45, 2.75) is 17.6 Å². The summed E-state index contributed by atoms with van der Waals surface area (Å²) < 4.78 is 2.55. The van der Waals surface area contributed by atoms with Crippen LogP contribution < -0.4 is 10.6 Å². The van der Waals surface area contributed by atoms with Gasteiger partial charge in [-0.25, -0.2) is 0 Å². The van der Waals surface area contributed by atoms with E-state index in [-0.39, 0.29) is 12.2 Å². The van der Waals surface area contributed by atoms with Crippen molar-refractivity contribution in [1.82, 2.24) is 4.57 Å². The molecule has 48 heavy (non-hydrogen) atoms. The number of para-hydroxylation sites is 3. The maximum Gasteiger partial charge on any atom is 0.129 e. The van der Waals surface area contributed by atoms with Crippen molar-refractivity contribution < 1.29 is 0 Å². The van der Waals surface area contributed by atoms with Crippen LogP contribution in [0.5, 0.6) is 0 Å². The summed E-state index contributed by atoms with van der Waals surface area (Å²) in [6.07, 6.45) is -0.0885. The van der Waals surface area contributed by atoms with Crippen LogP contribution in [0.1, 0.15) is 40.0 Å². The van der Waals surface area contributed by atoms with Gasteiger partial charge in [0.25, 0.3) is 0 Å². The van der Waals surface area contributed by atoms with Gasteiger partial charge in [0.2, 0.25) is 0 Å². The van der Waals surface area contributed by atoms with Gasteiger partial charge >= 0.3 is 0 Å². The van der Waals surface area contributed by atoms with E-state index in [9.17, 15) is 0 Å². The third-order valence-corrected chi connectivity index (χ3v) is 10.6. The van der Waals surface area contributed by atoms with Crippen LogP contribution in [0.15, 0.2) is 176 Å². The summed E-state index contributed by atoms with van der Waals surface area (Å²) in [6, 6.07) is 64.4. The van der Waals surface area contributed by atoms with Gasteiger partial charge in [0.05, 0.1) is 33.9 Å². The minimum Gasteiger partial charge on any atom is -0.373 e. The highest BCUT2D eigenvalue weighted by molar-refractivity contribution is 6.11. The number of hydrogen-bond donors (Lipinski definition) is 2. The molecule has 0 bridgehead atoms. The minimum absolute atomic E-state index is 0.00133. The molecule has 10 rings (SSSR count). The monoisotopic (exact) mass is 615 g/mol. The number of benzene rings is 7. The first kappa shape index (κ1) is 27.1. The van der Waals surface area contributed by atoms with Crippen molar-refractivity contribution in [2.24, 2.45) is 0 Å². The molecule has 2 atom stereocenters. The topological polar surface area (TPSA) is 29.0 Å². The summed E-state index contributed by atoms with van der Waals surface area (Å²) in [4.78, 5) is 0. The first-order chi connectivity index (χ1) is 23.8. The van der Waals surface area contributed by atoms with Gasteiger partial charge in [0.1, 0.15) is 6.17 Å². The van der Waals surface area contributed by atoms with Gasteiger partial charge in [-0.1, -0.05) is 146 Å². The molecule has 0 spiro atoms. The van der Waals surface area contributed by atoms with Gasteiger partial charge < -0.3 is 15.2 Å². The average Bonchev–Trinajstić information content (AvgIpc) is 3.64. The lowest BCUT2D eigenvalue weighted by Crippen LogP contribution is -2.34. The molecule has 1 aliphatic heterocycles. The Labute approximate surface area is 280 Å². The highest BCUT2D eigenvalue weighted by Crippen LogP contribution is 2.57. The van der Waals surface area contributed by atoms with E-state index in [2.05, 4.69) is 191 Å². The molecule has 2 aliphatic rings. The molecule has 0 saturated heterocycles. The largest absolute Gasteiger partial charge is 0.373 e. The Hall–Kier alpha value is -6.06. The molecule has 0 saturated carbocycles. The second kappa shape index (κ2) is 10.5. The quantitative estimate of drug-likeness (QED) is 0.206. The van der Waals surface area contributed by atoms with Gasteiger partial charge in [-0.15, -0.1) is 0 Å². The Bertz CT molecular complexity index is 2420. The number of aromatic nitrogens is 1. The van der Waals surface area contributed by atoms with E-state index < -0.39 is 5.41 Å². The molecule has 3 nitrogen and oxygen atoms in total. The molecule has 7 aromatic carbocycles. The number of hydrogen-bond acceptors (Lipinski definition) is 2. The van der Waals surface area contributed by atoms with Gasteiger partial charge in [-0.05, 0) is 69.3 Å². The van der Waals surface area contributed by atoms with E-state index in [1.807, 2.05) is 0 Å². The number of nitrogens with one attached hydrogen (secondary N) is 2. The lowest BCUT2D eigenvalue weighted by atomic mass is 9.67. The van der Waals surface area contributed by atoms with Gasteiger partial charge in [0.15, 0.2) is 0 Å². The molecule has 8 aromatic rings. The number of anilines is 2. The third kappa shape index (κ3) is 3.76. The fourth-order valence-electron chi connectivity index (χ4n) is 8.60. The van der Waals surface area contributed by atoms with Crippen LogP contribution in [-0.4, -0.2) is 4.57 Å². The predicted octanol–water partition coefficient (Wildman–Crippen LogP) is 10.9. The Kier molecular flexibility index (Phi) is 5.91. The van der Waals surface area contributed by atoms with Crippen molar-refractivity contribution in [3.63, 3.8) is 0 Å². The number of fused-ring (bicyclic) bond motifs is 7. The normalized spacial score (nSPS) is 17.2. The van der Waals surface area contributed by atoms with E-state index >= 15 is 0 Å². The molecular formula is C45H33N3. The molecule has 3 heteroatoms. The maximum atomic E-state index is 4.00. The van der Waals surface area contributed by atoms with Crippen LogP contribution in [-0.2, 0) is 5.41 Å². The molecule has 0 amide bonds. The molecule has 1 aliphatic carbocycles. The van der Waals surface area contributed by atoms with Crippen LogP contribution in [0.3, 0.4) is 0 Å². The highest BCUT2D eigenvalue weighted by Gasteiger charge is 2.46. The lowest BCUT2D eigenvalue weighted by Gasteiger charge is -2.38. The van der Waals surface area contributed by atoms with Crippen LogP contribution in [0, 0.1) is 0 Å². The van der Waals surface area contributed by atoms with Crippen molar-refractivity contribution >= 4 is 33.2 Å². The van der Waals surface area contributed by atoms with Gasteiger partial charge in [-0.3, -0.25) is 0 Å². The zero-order valence-corrected chi connectivity index (χ0v) is 26.3. The van der Waals surface area contributed by atoms with Crippen molar-refractivity contribution in [1.29, 1.82) is 0 Å². The molecule has 2 unspecified atom stereocenters. The molecule has 0 fully saturated rings. The van der Waals surface area contributed by atoms with Gasteiger partial charge in [-0.2, -0.15) is 0 Å². The number of nitrogens with zero attached hydrogens (tertiary/aromatic N) is 1. The molecule has 228 valence electrons. The SMILES string of the molecule is c1ccc(C2Nc3ccccc3NC2n2c3ccccc3c3cc4c(cc32)C(c2ccccc2)(c2ccccc2)c2ccccc2-4)cc1. The fraction of sp³-hybridized carbons (Fsp3) is 0.0667. The van der Waals surface area contributed by atoms with Crippen molar-refractivity contribution in [2.75, 3.05) is 10.6 Å². The second-order valence-electron chi connectivity index (χ2n) is 13.0. The van der Waals surface area contributed by atoms with E-state index in [1.165, 1.54) is 60.8 Å². The molecule has 2 N–H and O–H groups in total. The standard InChI is InChI=1S/C45H33N3/c1-4-16-30(17-5-1)43-44(47-40-26-14-13-25-39(40)46-43)48-41-27-15-11-23-34(41)36-28-35-33-22-10-12-24-37(33)45(38(35)29-42(36)48,31-18-6-2-7-19-31)32-20-8-3-9-21-32/h1-29,43-44,46-47H. The minimum atomic E-state index is -0.465. The molecular weight excluding hydrogens is 583 g/mol. The maximum absolute atomic E-state index is 4.00. The van der Waals surface area contributed by atoms with E-state index in [0.717, 1.165) is 11.4 Å². The summed E-state index contributed by atoms with van der Waals surface area (Å²) in [5, 5.41) is 10.5. The molecule has 0 radical (unpaired) electrons. The third-order valence-electron chi connectivity index (χ3n) is 10.6. The van der Waals surface area contributed by atoms with Crippen molar-refractivity contribution in [3.05, 3.63) is 204 Å². The zero-order chi connectivity index (χ0) is 31.7. The second-order valence-corrected chi connectivity index (χ2v) is 13.0. The summed E-state index contributed by atoms with van der Waals surface area (Å²) in [5.74, 6) is 0. The van der Waals surface area contributed by atoms with Gasteiger partial charge in [0, 0.05) is 10.8 Å². The van der Waals surface area contributed by atoms with E-state index in [4.69, 9.17) is 0 Å². The Morgan fingerprint density at radius 1 is 0.438 bits per heavy atom. The summed E-state index contributed by atoms with van der Waals surface area (Å²) in [5.41, 5.74) is 13.2. The van der Waals surface area contributed by atoms with E-state index in [0.29, 0.717) is 0 Å². The Morgan fingerprint density at radius 3 is 1.75 bits per heavy atom. The fourth-order valence-corrected chi connectivity index (χ4v) is 8.60. The lowest BCUT2D eigenvalue weighted by molar-refractivity contribution is 0.506. The Morgan fingerprint density at radius 2 is 1.02 bits per heavy atom. The summed E-state index contributed by atoms with van der Waals surface area (Å²) in [6.45, 7) is 0. The first-order valence-electron chi connectivity index (χ1n) is 16.8.